The maximum Gasteiger partial charge on any atom is 0.129 e. The van der Waals surface area contributed by atoms with Crippen molar-refractivity contribution in [2.45, 2.75) is 25.8 Å². The predicted octanol–water partition coefficient (Wildman–Crippen LogP) is 2.30. The minimum Gasteiger partial charge on any atom is -0.491 e. The number of rotatable bonds is 5. The minimum absolute atomic E-state index is 0.264. The molecule has 0 fully saturated rings. The van der Waals surface area contributed by atoms with E-state index in [0.29, 0.717) is 12.5 Å². The summed E-state index contributed by atoms with van der Waals surface area (Å²) in [7, 11) is 1.76. The Balaban J connectivity index is 2.70. The quantitative estimate of drug-likeness (QED) is 0.824. The van der Waals surface area contributed by atoms with Gasteiger partial charge >= 0.3 is 0 Å². The monoisotopic (exact) mass is 218 g/mol. The third-order valence-electron chi connectivity index (χ3n) is 2.45. The molecule has 0 aliphatic carbocycles. The van der Waals surface area contributed by atoms with Crippen molar-refractivity contribution < 1.29 is 4.74 Å². The van der Waals surface area contributed by atoms with Crippen LogP contribution in [0.4, 0.5) is 0 Å². The number of nitrogens with one attached hydrogen (secondary N) is 1. The van der Waals surface area contributed by atoms with Gasteiger partial charge in [0.2, 0.25) is 0 Å². The average Bonchev–Trinajstić information content (AvgIpc) is 2.30. The fourth-order valence-electron chi connectivity index (χ4n) is 1.45. The molecule has 0 saturated heterocycles. The van der Waals surface area contributed by atoms with Gasteiger partial charge in [-0.05, 0) is 24.6 Å². The number of hydrogen-bond acceptors (Lipinski definition) is 3. The van der Waals surface area contributed by atoms with Crippen molar-refractivity contribution in [3.63, 3.8) is 0 Å². The van der Waals surface area contributed by atoms with Crippen LogP contribution in [0.3, 0.4) is 0 Å². The normalized spacial score (nSPS) is 12.2. The van der Waals surface area contributed by atoms with Crippen LogP contribution in [0.15, 0.2) is 24.3 Å². The van der Waals surface area contributed by atoms with Crippen molar-refractivity contribution in [2.75, 3.05) is 13.7 Å². The molecule has 16 heavy (non-hydrogen) atoms. The molecule has 0 radical (unpaired) electrons. The molecule has 0 amide bonds. The van der Waals surface area contributed by atoms with Gasteiger partial charge in [0.05, 0.1) is 6.07 Å². The van der Waals surface area contributed by atoms with Crippen LogP contribution in [-0.2, 0) is 0 Å². The molecule has 0 aliphatic rings. The lowest BCUT2D eigenvalue weighted by Crippen LogP contribution is -2.30. The number of hydrogen-bond donors (Lipinski definition) is 1. The second-order valence-corrected chi connectivity index (χ2v) is 3.97. The Morgan fingerprint density at radius 2 is 2.06 bits per heavy atom. The van der Waals surface area contributed by atoms with Crippen molar-refractivity contribution in [1.82, 2.24) is 5.32 Å². The molecule has 1 aromatic rings. The first-order valence-corrected chi connectivity index (χ1v) is 5.47. The number of nitriles is 1. The van der Waals surface area contributed by atoms with Crippen LogP contribution in [0.2, 0.25) is 0 Å². The Labute approximate surface area is 97.0 Å². The van der Waals surface area contributed by atoms with Gasteiger partial charge in [-0.1, -0.05) is 32.0 Å². The topological polar surface area (TPSA) is 45.0 Å². The van der Waals surface area contributed by atoms with Crippen molar-refractivity contribution in [3.8, 4) is 11.8 Å². The van der Waals surface area contributed by atoms with E-state index in [1.54, 1.807) is 7.05 Å². The van der Waals surface area contributed by atoms with E-state index in [1.165, 1.54) is 5.56 Å². The molecular weight excluding hydrogens is 200 g/mol. The highest BCUT2D eigenvalue weighted by Gasteiger charge is 2.09. The molecule has 0 saturated carbocycles. The molecule has 0 aromatic heterocycles. The molecule has 1 atom stereocenters. The van der Waals surface area contributed by atoms with Crippen molar-refractivity contribution in [1.29, 1.82) is 5.26 Å². The Hall–Kier alpha value is -1.53. The van der Waals surface area contributed by atoms with E-state index >= 15 is 0 Å². The molecule has 3 nitrogen and oxygen atoms in total. The van der Waals surface area contributed by atoms with E-state index in [0.717, 1.165) is 5.75 Å². The molecule has 0 heterocycles. The van der Waals surface area contributed by atoms with E-state index < -0.39 is 0 Å². The van der Waals surface area contributed by atoms with Gasteiger partial charge in [0.1, 0.15) is 18.4 Å². The van der Waals surface area contributed by atoms with Gasteiger partial charge in [-0.2, -0.15) is 5.26 Å². The molecular formula is C13H18N2O. The summed E-state index contributed by atoms with van der Waals surface area (Å²) >= 11 is 0. The van der Waals surface area contributed by atoms with E-state index in [-0.39, 0.29) is 6.04 Å². The average molecular weight is 218 g/mol. The number of benzene rings is 1. The zero-order valence-electron chi connectivity index (χ0n) is 10.0. The van der Waals surface area contributed by atoms with E-state index in [2.05, 4.69) is 31.3 Å². The zero-order valence-corrected chi connectivity index (χ0v) is 10.0. The van der Waals surface area contributed by atoms with Gasteiger partial charge in [-0.25, -0.2) is 0 Å². The summed E-state index contributed by atoms with van der Waals surface area (Å²) in [6.07, 6.45) is 0. The van der Waals surface area contributed by atoms with Gasteiger partial charge in [0.25, 0.3) is 0 Å². The van der Waals surface area contributed by atoms with Crippen LogP contribution < -0.4 is 10.1 Å². The molecule has 0 aliphatic heterocycles. The standard InChI is InChI=1S/C13H18N2O/c1-10(2)12-6-4-5-7-13(12)16-9-11(8-14)15-3/h4-7,10-11,15H,9H2,1-3H3. The van der Waals surface area contributed by atoms with Gasteiger partial charge in [0.15, 0.2) is 0 Å². The third-order valence-corrected chi connectivity index (χ3v) is 2.45. The van der Waals surface area contributed by atoms with Crippen LogP contribution in [0, 0.1) is 11.3 Å². The van der Waals surface area contributed by atoms with Crippen LogP contribution in [0.25, 0.3) is 0 Å². The lowest BCUT2D eigenvalue weighted by molar-refractivity contribution is 0.291. The number of likely N-dealkylation sites (N-methyl/N-ethyl adjacent to an activating group) is 1. The molecule has 0 spiro atoms. The van der Waals surface area contributed by atoms with E-state index in [4.69, 9.17) is 10.00 Å². The predicted molar refractivity (Wildman–Crippen MR) is 64.5 cm³/mol. The van der Waals surface area contributed by atoms with Gasteiger partial charge in [0, 0.05) is 0 Å². The van der Waals surface area contributed by atoms with Crippen LogP contribution in [0.1, 0.15) is 25.3 Å². The third kappa shape index (κ3) is 3.25. The summed E-state index contributed by atoms with van der Waals surface area (Å²) in [6.45, 7) is 4.63. The highest BCUT2D eigenvalue weighted by Crippen LogP contribution is 2.25. The number of para-hydroxylation sites is 1. The summed E-state index contributed by atoms with van der Waals surface area (Å²) in [5, 5.41) is 11.7. The van der Waals surface area contributed by atoms with Crippen LogP contribution >= 0.6 is 0 Å². The van der Waals surface area contributed by atoms with Crippen molar-refractivity contribution in [3.05, 3.63) is 29.8 Å². The maximum absolute atomic E-state index is 8.79. The Morgan fingerprint density at radius 1 is 1.38 bits per heavy atom. The smallest absolute Gasteiger partial charge is 0.129 e. The number of ether oxygens (including phenoxy) is 1. The Kier molecular flexibility index (Phi) is 4.81. The molecule has 1 N–H and O–H groups in total. The largest absolute Gasteiger partial charge is 0.491 e. The first kappa shape index (κ1) is 12.5. The Morgan fingerprint density at radius 3 is 2.62 bits per heavy atom. The summed E-state index contributed by atoms with van der Waals surface area (Å²) in [6, 6.07) is 9.82. The van der Waals surface area contributed by atoms with Crippen molar-refractivity contribution >= 4 is 0 Å². The summed E-state index contributed by atoms with van der Waals surface area (Å²) in [4.78, 5) is 0. The van der Waals surface area contributed by atoms with Crippen LogP contribution in [-0.4, -0.2) is 19.7 Å². The maximum atomic E-state index is 8.79. The Bertz CT molecular complexity index is 368. The van der Waals surface area contributed by atoms with Gasteiger partial charge < -0.3 is 10.1 Å². The van der Waals surface area contributed by atoms with E-state index in [9.17, 15) is 0 Å². The fourth-order valence-corrected chi connectivity index (χ4v) is 1.45. The van der Waals surface area contributed by atoms with E-state index in [1.807, 2.05) is 18.2 Å². The SMILES string of the molecule is CNC(C#N)COc1ccccc1C(C)C. The zero-order chi connectivity index (χ0) is 12.0. The molecule has 3 heteroatoms. The first-order chi connectivity index (χ1) is 7.69. The second-order valence-electron chi connectivity index (χ2n) is 3.97. The first-order valence-electron chi connectivity index (χ1n) is 5.47. The molecule has 86 valence electrons. The highest BCUT2D eigenvalue weighted by molar-refractivity contribution is 5.35. The molecule has 0 bridgehead atoms. The second kappa shape index (κ2) is 6.14. The van der Waals surface area contributed by atoms with Gasteiger partial charge in [-0.3, -0.25) is 0 Å². The fraction of sp³-hybridized carbons (Fsp3) is 0.462. The van der Waals surface area contributed by atoms with Crippen LogP contribution in [0.5, 0.6) is 5.75 Å². The molecule has 1 rings (SSSR count). The summed E-state index contributed by atoms with van der Waals surface area (Å²) in [5.41, 5.74) is 1.18. The summed E-state index contributed by atoms with van der Waals surface area (Å²) < 4.78 is 5.66. The highest BCUT2D eigenvalue weighted by atomic mass is 16.5. The van der Waals surface area contributed by atoms with Gasteiger partial charge in [-0.15, -0.1) is 0 Å². The lowest BCUT2D eigenvalue weighted by atomic mass is 10.0. The minimum atomic E-state index is -0.264. The number of nitrogens with zero attached hydrogens (tertiary/aromatic N) is 1. The summed E-state index contributed by atoms with van der Waals surface area (Å²) in [5.74, 6) is 1.29. The molecule has 1 unspecified atom stereocenters. The lowest BCUT2D eigenvalue weighted by Gasteiger charge is -2.15. The van der Waals surface area contributed by atoms with Crippen molar-refractivity contribution in [2.24, 2.45) is 0 Å². The molecule has 1 aromatic carbocycles.